The molecule has 21 heavy (non-hydrogen) atoms. The molecule has 0 spiro atoms. The van der Waals surface area contributed by atoms with Gasteiger partial charge in [-0.2, -0.15) is 0 Å². The van der Waals surface area contributed by atoms with Crippen LogP contribution in [-0.4, -0.2) is 45.5 Å². The topological polar surface area (TPSA) is 66.5 Å². The Morgan fingerprint density at radius 2 is 2.05 bits per heavy atom. The maximum atomic E-state index is 12.4. The van der Waals surface area contributed by atoms with Gasteiger partial charge in [0.1, 0.15) is 0 Å². The Morgan fingerprint density at radius 3 is 2.71 bits per heavy atom. The number of amides is 3. The molecule has 1 aromatic rings. The average Bonchev–Trinajstić information content (AvgIpc) is 2.75. The summed E-state index contributed by atoms with van der Waals surface area (Å²) >= 11 is 2.51. The molecule has 5 nitrogen and oxygen atoms in total. The van der Waals surface area contributed by atoms with Crippen molar-refractivity contribution < 1.29 is 14.4 Å². The quantitative estimate of drug-likeness (QED) is 0.612. The molecule has 1 unspecified atom stereocenters. The van der Waals surface area contributed by atoms with E-state index in [-0.39, 0.29) is 36.5 Å². The van der Waals surface area contributed by atoms with Crippen molar-refractivity contribution in [3.63, 3.8) is 0 Å². The van der Waals surface area contributed by atoms with Gasteiger partial charge in [0, 0.05) is 0 Å². The number of carbonyl (C=O) groups excluding carboxylic acids is 3. The SMILES string of the molecule is Cl.O=C1CCC(N2Cc3cc(C[As])ccc3C2=O)C(=O)N1. The second-order valence-electron chi connectivity index (χ2n) is 5.05. The van der Waals surface area contributed by atoms with Crippen LogP contribution in [0.1, 0.15) is 34.3 Å². The van der Waals surface area contributed by atoms with Crippen molar-refractivity contribution in [3.05, 3.63) is 34.9 Å². The third-order valence-corrected chi connectivity index (χ3v) is 4.54. The molecule has 3 amide bonds. The molecular weight excluding hydrogens is 355 g/mol. The van der Waals surface area contributed by atoms with Crippen molar-refractivity contribution in [1.82, 2.24) is 10.2 Å². The first-order valence-corrected chi connectivity index (χ1v) is 7.80. The standard InChI is InChI=1S/C14H13AsN2O3.ClH/c15-6-8-1-2-10-9(5-8)7-17(14(10)20)11-3-4-12(18)16-13(11)19;/h1-2,5,11H,3-4,6-7H2,(H,16,18,19);1H. The molecule has 0 aromatic heterocycles. The van der Waals surface area contributed by atoms with E-state index in [1.54, 1.807) is 4.90 Å². The van der Waals surface area contributed by atoms with E-state index in [1.165, 1.54) is 0 Å². The van der Waals surface area contributed by atoms with Crippen LogP contribution >= 0.6 is 12.4 Å². The zero-order valence-corrected chi connectivity index (χ0v) is 13.9. The Morgan fingerprint density at radius 1 is 1.29 bits per heavy atom. The summed E-state index contributed by atoms with van der Waals surface area (Å²) in [5.41, 5.74) is 2.78. The summed E-state index contributed by atoms with van der Waals surface area (Å²) in [7, 11) is 0. The van der Waals surface area contributed by atoms with Gasteiger partial charge < -0.3 is 0 Å². The summed E-state index contributed by atoms with van der Waals surface area (Å²) in [4.78, 5) is 37.0. The minimum atomic E-state index is -0.534. The molecule has 2 heterocycles. The van der Waals surface area contributed by atoms with Gasteiger partial charge in [0.15, 0.2) is 0 Å². The third-order valence-electron chi connectivity index (χ3n) is 3.77. The Bertz CT molecular complexity index is 620. The molecule has 2 aliphatic heterocycles. The molecule has 0 aliphatic carbocycles. The molecule has 1 atom stereocenters. The van der Waals surface area contributed by atoms with Gasteiger partial charge in [0.05, 0.1) is 0 Å². The van der Waals surface area contributed by atoms with Crippen molar-refractivity contribution in [2.75, 3.05) is 0 Å². The van der Waals surface area contributed by atoms with Crippen molar-refractivity contribution in [2.24, 2.45) is 0 Å². The summed E-state index contributed by atoms with van der Waals surface area (Å²) in [5, 5.41) is 3.16. The monoisotopic (exact) mass is 368 g/mol. The van der Waals surface area contributed by atoms with E-state index in [9.17, 15) is 14.4 Å². The van der Waals surface area contributed by atoms with Gasteiger partial charge in [-0.25, -0.2) is 0 Å². The Balaban J connectivity index is 0.00000161. The zero-order valence-electron chi connectivity index (χ0n) is 11.2. The van der Waals surface area contributed by atoms with Crippen LogP contribution in [0, 0.1) is 0 Å². The van der Waals surface area contributed by atoms with Crippen LogP contribution < -0.4 is 5.32 Å². The van der Waals surface area contributed by atoms with E-state index in [4.69, 9.17) is 0 Å². The normalized spacial score (nSPS) is 20.9. The van der Waals surface area contributed by atoms with Crippen molar-refractivity contribution in [1.29, 1.82) is 0 Å². The molecule has 7 heteroatoms. The number of piperidine rings is 1. The summed E-state index contributed by atoms with van der Waals surface area (Å²) in [5.74, 6) is -0.747. The van der Waals surface area contributed by atoms with Crippen LogP contribution in [0.25, 0.3) is 0 Å². The van der Waals surface area contributed by atoms with E-state index < -0.39 is 6.04 Å². The van der Waals surface area contributed by atoms with E-state index >= 15 is 0 Å². The third kappa shape index (κ3) is 2.85. The number of halogens is 1. The fourth-order valence-electron chi connectivity index (χ4n) is 2.73. The molecule has 2 aliphatic rings. The summed E-state index contributed by atoms with van der Waals surface area (Å²) in [6, 6.07) is 5.24. The number of fused-ring (bicyclic) bond motifs is 1. The molecule has 0 bridgehead atoms. The summed E-state index contributed by atoms with van der Waals surface area (Å²) in [6.45, 7) is 0.446. The molecule has 0 saturated carbocycles. The van der Waals surface area contributed by atoms with E-state index in [0.29, 0.717) is 18.5 Å². The predicted octanol–water partition coefficient (Wildman–Crippen LogP) is 0.538. The van der Waals surface area contributed by atoms with Crippen molar-refractivity contribution in [2.45, 2.75) is 30.6 Å². The van der Waals surface area contributed by atoms with Gasteiger partial charge in [-0.15, -0.1) is 12.4 Å². The van der Waals surface area contributed by atoms with Crippen molar-refractivity contribution >= 4 is 47.0 Å². The fourth-order valence-corrected chi connectivity index (χ4v) is 3.14. The summed E-state index contributed by atoms with van der Waals surface area (Å²) in [6.07, 6.45) is 0.691. The average molecular weight is 369 g/mol. The molecule has 1 fully saturated rings. The Hall–Kier alpha value is -1.32. The number of carbonyl (C=O) groups is 3. The second kappa shape index (κ2) is 6.20. The van der Waals surface area contributed by atoms with Crippen LogP contribution in [-0.2, 0) is 21.3 Å². The molecule has 3 rings (SSSR count). The minimum absolute atomic E-state index is 0. The van der Waals surface area contributed by atoms with E-state index in [2.05, 4.69) is 22.2 Å². The number of benzene rings is 1. The van der Waals surface area contributed by atoms with Crippen LogP contribution in [0.4, 0.5) is 0 Å². The molecule has 1 N–H and O–H groups in total. The second-order valence-corrected chi connectivity index (χ2v) is 5.71. The van der Waals surface area contributed by atoms with Crippen LogP contribution in [0.15, 0.2) is 18.2 Å². The number of rotatable bonds is 2. The first-order chi connectivity index (χ1) is 9.60. The van der Waals surface area contributed by atoms with Crippen LogP contribution in [0.5, 0.6) is 0 Å². The van der Waals surface area contributed by atoms with Gasteiger partial charge >= 0.3 is 125 Å². The molecule has 1 saturated heterocycles. The van der Waals surface area contributed by atoms with Crippen LogP contribution in [0.3, 0.4) is 0 Å². The zero-order chi connectivity index (χ0) is 14.3. The fraction of sp³-hybridized carbons (Fsp3) is 0.357. The number of hydrogen-bond donors (Lipinski definition) is 1. The number of imide groups is 1. The van der Waals surface area contributed by atoms with Gasteiger partial charge in [-0.05, 0) is 0 Å². The maximum absolute atomic E-state index is 12.4. The molecule has 110 valence electrons. The molecular formula is C14H14AsClN2O3. The molecule has 2 radical (unpaired) electrons. The molecule has 1 aromatic carbocycles. The predicted molar refractivity (Wildman–Crippen MR) is 79.2 cm³/mol. The Labute approximate surface area is 137 Å². The van der Waals surface area contributed by atoms with Gasteiger partial charge in [0.2, 0.25) is 0 Å². The van der Waals surface area contributed by atoms with Crippen molar-refractivity contribution in [3.8, 4) is 0 Å². The van der Waals surface area contributed by atoms with Gasteiger partial charge in [-0.3, -0.25) is 0 Å². The number of nitrogens with zero attached hydrogens (tertiary/aromatic N) is 1. The van der Waals surface area contributed by atoms with Crippen LogP contribution in [0.2, 0.25) is 0 Å². The van der Waals surface area contributed by atoms with E-state index in [0.717, 1.165) is 16.3 Å². The van der Waals surface area contributed by atoms with E-state index in [1.807, 2.05) is 18.2 Å². The Kier molecular flexibility index (Phi) is 4.74. The van der Waals surface area contributed by atoms with Gasteiger partial charge in [-0.1, -0.05) is 0 Å². The van der Waals surface area contributed by atoms with Gasteiger partial charge in [0.25, 0.3) is 0 Å². The number of hydrogen-bond acceptors (Lipinski definition) is 3. The summed E-state index contributed by atoms with van der Waals surface area (Å²) < 4.78 is 0. The first kappa shape index (κ1) is 16.1. The number of nitrogens with one attached hydrogen (secondary N) is 1. The first-order valence-electron chi connectivity index (χ1n) is 6.47.